The predicted octanol–water partition coefficient (Wildman–Crippen LogP) is 3.27. The summed E-state index contributed by atoms with van der Waals surface area (Å²) in [6.07, 6.45) is 2.32. The summed E-state index contributed by atoms with van der Waals surface area (Å²) in [6, 6.07) is 14.6. The van der Waals surface area contributed by atoms with E-state index in [1.807, 2.05) is 42.5 Å². The monoisotopic (exact) mass is 238 g/mol. The number of para-hydroxylation sites is 2. The molecule has 3 nitrogen and oxygen atoms in total. The van der Waals surface area contributed by atoms with Gasteiger partial charge in [0, 0.05) is 11.1 Å². The van der Waals surface area contributed by atoms with Crippen molar-refractivity contribution in [1.29, 1.82) is 0 Å². The molecule has 2 aromatic carbocycles. The Kier molecular flexibility index (Phi) is 2.57. The first-order valence-corrected chi connectivity index (χ1v) is 5.57. The first-order chi connectivity index (χ1) is 8.88. The summed E-state index contributed by atoms with van der Waals surface area (Å²) in [5.41, 5.74) is 1.30. The van der Waals surface area contributed by atoms with Crippen LogP contribution in [0.15, 0.2) is 54.8 Å². The van der Waals surface area contributed by atoms with Gasteiger partial charge in [-0.05, 0) is 12.1 Å². The lowest BCUT2D eigenvalue weighted by atomic mass is 10.1. The highest BCUT2D eigenvalue weighted by Crippen LogP contribution is 2.35. The van der Waals surface area contributed by atoms with Crippen molar-refractivity contribution < 1.29 is 14.3 Å². The normalized spacial score (nSPS) is 12.8. The summed E-state index contributed by atoms with van der Waals surface area (Å²) in [7, 11) is 0. The number of rotatable bonds is 2. The zero-order valence-corrected chi connectivity index (χ0v) is 9.50. The second kappa shape index (κ2) is 4.37. The highest BCUT2D eigenvalue weighted by Gasteiger charge is 2.16. The van der Waals surface area contributed by atoms with E-state index in [1.165, 1.54) is 6.26 Å². The minimum absolute atomic E-state index is 0.538. The van der Waals surface area contributed by atoms with Gasteiger partial charge in [0.1, 0.15) is 6.26 Å². The van der Waals surface area contributed by atoms with Crippen LogP contribution in [0.3, 0.4) is 0 Å². The van der Waals surface area contributed by atoms with Crippen molar-refractivity contribution in [2.75, 3.05) is 0 Å². The molecule has 18 heavy (non-hydrogen) atoms. The Balaban J connectivity index is 2.01. The van der Waals surface area contributed by atoms with Gasteiger partial charge in [0.15, 0.2) is 23.5 Å². The van der Waals surface area contributed by atoms with E-state index in [1.54, 1.807) is 6.07 Å². The van der Waals surface area contributed by atoms with Crippen molar-refractivity contribution in [3.05, 3.63) is 65.9 Å². The van der Waals surface area contributed by atoms with Crippen LogP contribution in [0.2, 0.25) is 0 Å². The van der Waals surface area contributed by atoms with Crippen molar-refractivity contribution in [3.8, 4) is 11.5 Å². The van der Waals surface area contributed by atoms with E-state index in [4.69, 9.17) is 9.47 Å². The molecule has 0 aromatic heterocycles. The molecule has 0 saturated carbocycles. The molecule has 0 radical (unpaired) electrons. The van der Waals surface area contributed by atoms with Crippen LogP contribution in [0.1, 0.15) is 15.9 Å². The molecule has 88 valence electrons. The maximum Gasteiger partial charge on any atom is 0.170 e. The largest absolute Gasteiger partial charge is 0.457 e. The summed E-state index contributed by atoms with van der Waals surface area (Å²) in [5, 5.41) is 0. The van der Waals surface area contributed by atoms with E-state index in [-0.39, 0.29) is 0 Å². The van der Waals surface area contributed by atoms with Gasteiger partial charge in [-0.25, -0.2) is 0 Å². The minimum Gasteiger partial charge on any atom is -0.457 e. The summed E-state index contributed by atoms with van der Waals surface area (Å²) >= 11 is 0. The van der Waals surface area contributed by atoms with Gasteiger partial charge in [0.2, 0.25) is 0 Å². The van der Waals surface area contributed by atoms with Gasteiger partial charge in [-0.15, -0.1) is 0 Å². The van der Waals surface area contributed by atoms with E-state index in [9.17, 15) is 4.79 Å². The maximum absolute atomic E-state index is 11.0. The third-order valence-corrected chi connectivity index (χ3v) is 2.72. The number of fused-ring (bicyclic) bond motifs is 1. The minimum atomic E-state index is 0.538. The number of hydrogen-bond donors (Lipinski definition) is 0. The fourth-order valence-electron chi connectivity index (χ4n) is 1.83. The molecule has 3 heteroatoms. The summed E-state index contributed by atoms with van der Waals surface area (Å²) in [4.78, 5) is 11.0. The van der Waals surface area contributed by atoms with Gasteiger partial charge in [-0.3, -0.25) is 4.79 Å². The van der Waals surface area contributed by atoms with E-state index < -0.39 is 0 Å². The van der Waals surface area contributed by atoms with Crippen LogP contribution in [-0.4, -0.2) is 6.29 Å². The van der Waals surface area contributed by atoms with Crippen LogP contribution < -0.4 is 9.47 Å². The maximum atomic E-state index is 11.0. The van der Waals surface area contributed by atoms with Gasteiger partial charge in [-0.1, -0.05) is 36.4 Å². The van der Waals surface area contributed by atoms with Crippen LogP contribution in [0.25, 0.3) is 5.76 Å². The molecule has 0 fully saturated rings. The Labute approximate surface area is 104 Å². The smallest absolute Gasteiger partial charge is 0.170 e. The van der Waals surface area contributed by atoms with Crippen molar-refractivity contribution in [2.24, 2.45) is 0 Å². The first kappa shape index (κ1) is 10.6. The molecule has 2 aromatic rings. The van der Waals surface area contributed by atoms with Gasteiger partial charge in [0.05, 0.1) is 0 Å². The number of carbonyl (C=O) groups is 1. The molecule has 0 unspecified atom stereocenters. The lowest BCUT2D eigenvalue weighted by Gasteiger charge is -2.18. The average Bonchev–Trinajstić information content (AvgIpc) is 2.46. The Morgan fingerprint density at radius 1 is 0.889 bits per heavy atom. The second-order valence-corrected chi connectivity index (χ2v) is 3.85. The molecule has 0 atom stereocenters. The molecule has 0 spiro atoms. The number of ether oxygens (including phenoxy) is 2. The molecule has 0 amide bonds. The Bertz CT molecular complexity index is 629. The molecule has 1 aliphatic heterocycles. The van der Waals surface area contributed by atoms with Gasteiger partial charge in [-0.2, -0.15) is 0 Å². The Morgan fingerprint density at radius 2 is 1.61 bits per heavy atom. The van der Waals surface area contributed by atoms with Crippen LogP contribution in [0.4, 0.5) is 0 Å². The first-order valence-electron chi connectivity index (χ1n) is 5.57. The predicted molar refractivity (Wildman–Crippen MR) is 67.5 cm³/mol. The van der Waals surface area contributed by atoms with Crippen molar-refractivity contribution in [2.45, 2.75) is 0 Å². The molecular weight excluding hydrogens is 228 g/mol. The number of carbonyl (C=O) groups excluding carboxylic acids is 1. The summed E-state index contributed by atoms with van der Waals surface area (Å²) < 4.78 is 11.2. The molecule has 0 aliphatic carbocycles. The average molecular weight is 238 g/mol. The second-order valence-electron chi connectivity index (χ2n) is 3.85. The van der Waals surface area contributed by atoms with E-state index in [2.05, 4.69) is 0 Å². The fraction of sp³-hybridized carbons (Fsp3) is 0. The van der Waals surface area contributed by atoms with Crippen molar-refractivity contribution >= 4 is 12.0 Å². The molecule has 1 heterocycles. The third kappa shape index (κ3) is 1.76. The molecule has 1 aliphatic rings. The van der Waals surface area contributed by atoms with Crippen LogP contribution >= 0.6 is 0 Å². The molecule has 0 saturated heterocycles. The molecule has 0 bridgehead atoms. The molecule has 0 N–H and O–H groups in total. The SMILES string of the molecule is O=Cc1ccccc1C1=COc2ccccc2O1. The van der Waals surface area contributed by atoms with Crippen molar-refractivity contribution in [3.63, 3.8) is 0 Å². The van der Waals surface area contributed by atoms with Gasteiger partial charge in [0.25, 0.3) is 0 Å². The quantitative estimate of drug-likeness (QED) is 0.753. The number of benzene rings is 2. The topological polar surface area (TPSA) is 35.5 Å². The van der Waals surface area contributed by atoms with Gasteiger partial charge < -0.3 is 9.47 Å². The Morgan fingerprint density at radius 3 is 2.44 bits per heavy atom. The van der Waals surface area contributed by atoms with Crippen molar-refractivity contribution in [1.82, 2.24) is 0 Å². The van der Waals surface area contributed by atoms with Gasteiger partial charge >= 0.3 is 0 Å². The lowest BCUT2D eigenvalue weighted by Crippen LogP contribution is -2.05. The molecular formula is C15H10O3. The highest BCUT2D eigenvalue weighted by molar-refractivity contribution is 5.84. The summed E-state index contributed by atoms with van der Waals surface area (Å²) in [6.45, 7) is 0. The van der Waals surface area contributed by atoms with E-state index >= 15 is 0 Å². The van der Waals surface area contributed by atoms with Crippen LogP contribution in [0.5, 0.6) is 11.5 Å². The number of hydrogen-bond acceptors (Lipinski definition) is 3. The summed E-state index contributed by atoms with van der Waals surface area (Å²) in [5.74, 6) is 1.86. The van der Waals surface area contributed by atoms with E-state index in [0.717, 1.165) is 11.8 Å². The van der Waals surface area contributed by atoms with Crippen LogP contribution in [0, 0.1) is 0 Å². The molecule has 3 rings (SSSR count). The fourth-order valence-corrected chi connectivity index (χ4v) is 1.83. The standard InChI is InChI=1S/C15H10O3/c16-9-11-5-1-2-6-12(11)15-10-17-13-7-3-4-8-14(13)18-15/h1-10H. The lowest BCUT2D eigenvalue weighted by molar-refractivity contribution is 0.112. The Hall–Kier alpha value is -2.55. The third-order valence-electron chi connectivity index (χ3n) is 2.72. The highest BCUT2D eigenvalue weighted by atomic mass is 16.6. The van der Waals surface area contributed by atoms with Crippen LogP contribution in [-0.2, 0) is 0 Å². The zero-order chi connectivity index (χ0) is 12.4. The zero-order valence-electron chi connectivity index (χ0n) is 9.50. The van der Waals surface area contributed by atoms with E-state index in [0.29, 0.717) is 22.8 Å². The number of aldehydes is 1.